The number of benzene rings is 3. The molecule has 2 aliphatic rings. The molecule has 1 aromatic heterocycles. The standard InChI is InChI=1S/C44H56N4O9/c1-8-32-37(53-5)27-33(41(40(32)55-7)57-29(3)49)43(51)47-23-19-44(28-47,31-14-15-36(52-4)38(26-31)54-6)18-22-46-20-16-30(17-21-46)39(50)42-45-34-12-10-11-13-35(34)48(42)24-25-56-9-2/h10-15,26-27,30H,8-9,16-25,28H2,1-7H3. The molecule has 1 atom stereocenters. The molecule has 0 bridgehead atoms. The molecule has 0 spiro atoms. The number of aromatic nitrogens is 2. The van der Waals surface area contributed by atoms with Crippen LogP contribution in [-0.4, -0.2) is 111 Å². The van der Waals surface area contributed by atoms with Crippen molar-refractivity contribution in [3.8, 4) is 28.7 Å². The quantitative estimate of drug-likeness (QED) is 0.0513. The molecule has 13 nitrogen and oxygen atoms in total. The number of carbonyl (C=O) groups is 3. The van der Waals surface area contributed by atoms with Crippen LogP contribution in [0.25, 0.3) is 11.0 Å². The van der Waals surface area contributed by atoms with Gasteiger partial charge in [0.1, 0.15) is 5.75 Å². The van der Waals surface area contributed by atoms with Crippen LogP contribution in [0.2, 0.25) is 0 Å². The summed E-state index contributed by atoms with van der Waals surface area (Å²) in [4.78, 5) is 49.9. The second-order valence-corrected chi connectivity index (χ2v) is 14.7. The topological polar surface area (TPSA) is 131 Å². The van der Waals surface area contributed by atoms with Gasteiger partial charge in [0, 0.05) is 50.1 Å². The Morgan fingerprint density at radius 3 is 2.25 bits per heavy atom. The molecule has 3 heterocycles. The van der Waals surface area contributed by atoms with Gasteiger partial charge < -0.3 is 42.8 Å². The van der Waals surface area contributed by atoms with Crippen LogP contribution in [0.15, 0.2) is 48.5 Å². The highest BCUT2D eigenvalue weighted by molar-refractivity contribution is 6.00. The van der Waals surface area contributed by atoms with Gasteiger partial charge in [-0.1, -0.05) is 25.1 Å². The zero-order chi connectivity index (χ0) is 40.7. The third-order valence-electron chi connectivity index (χ3n) is 11.6. The number of esters is 1. The molecule has 4 aromatic rings. The number of ketones is 1. The molecule has 0 aliphatic carbocycles. The molecule has 306 valence electrons. The Morgan fingerprint density at radius 1 is 0.842 bits per heavy atom. The van der Waals surface area contributed by atoms with Crippen molar-refractivity contribution in [1.29, 1.82) is 0 Å². The van der Waals surface area contributed by atoms with Crippen molar-refractivity contribution in [2.24, 2.45) is 5.92 Å². The molecule has 0 N–H and O–H groups in total. The van der Waals surface area contributed by atoms with E-state index in [1.807, 2.05) is 59.7 Å². The zero-order valence-corrected chi connectivity index (χ0v) is 34.4. The van der Waals surface area contributed by atoms with E-state index in [2.05, 4.69) is 11.0 Å². The average molecular weight is 785 g/mol. The third kappa shape index (κ3) is 8.59. The summed E-state index contributed by atoms with van der Waals surface area (Å²) in [5, 5.41) is 0. The summed E-state index contributed by atoms with van der Waals surface area (Å²) < 4.78 is 36.0. The lowest BCUT2D eigenvalue weighted by molar-refractivity contribution is -0.132. The molecule has 2 fully saturated rings. The van der Waals surface area contributed by atoms with Crippen LogP contribution in [0.4, 0.5) is 0 Å². The van der Waals surface area contributed by atoms with Gasteiger partial charge in [-0.2, -0.15) is 0 Å². The number of para-hydroxylation sites is 2. The number of carbonyl (C=O) groups excluding carboxylic acids is 3. The van der Waals surface area contributed by atoms with Crippen molar-refractivity contribution in [3.05, 3.63) is 71.0 Å². The number of hydrogen-bond donors (Lipinski definition) is 0. The van der Waals surface area contributed by atoms with Gasteiger partial charge in [0.15, 0.2) is 28.8 Å². The minimum absolute atomic E-state index is 0.0856. The lowest BCUT2D eigenvalue weighted by Gasteiger charge is -2.36. The van der Waals surface area contributed by atoms with E-state index in [0.29, 0.717) is 80.1 Å². The summed E-state index contributed by atoms with van der Waals surface area (Å²) in [5.41, 5.74) is 3.30. The number of rotatable bonds is 17. The van der Waals surface area contributed by atoms with Gasteiger partial charge in [-0.25, -0.2) is 4.98 Å². The van der Waals surface area contributed by atoms with Crippen LogP contribution in [0.5, 0.6) is 28.7 Å². The number of amides is 1. The fourth-order valence-electron chi connectivity index (χ4n) is 8.52. The van der Waals surface area contributed by atoms with Crippen LogP contribution in [0, 0.1) is 5.92 Å². The summed E-state index contributed by atoms with van der Waals surface area (Å²) in [6, 6.07) is 15.5. The monoisotopic (exact) mass is 784 g/mol. The molecule has 13 heteroatoms. The third-order valence-corrected chi connectivity index (χ3v) is 11.6. The predicted octanol–water partition coefficient (Wildman–Crippen LogP) is 6.36. The zero-order valence-electron chi connectivity index (χ0n) is 34.4. The first-order valence-corrected chi connectivity index (χ1v) is 19.9. The van der Waals surface area contributed by atoms with Gasteiger partial charge in [-0.3, -0.25) is 14.4 Å². The molecule has 2 saturated heterocycles. The normalized spacial score (nSPS) is 17.5. The Bertz CT molecular complexity index is 2070. The smallest absolute Gasteiger partial charge is 0.308 e. The summed E-state index contributed by atoms with van der Waals surface area (Å²) in [6.07, 6.45) is 3.47. The SMILES string of the molecule is CCOCCn1c(C(=O)C2CCN(CCC3(c4ccc(OC)c(OC)c4)CCN(C(=O)c4cc(OC)c(CC)c(OC)c4OC(C)=O)C3)CC2)nc2ccccc21. The van der Waals surface area contributed by atoms with Crippen molar-refractivity contribution in [2.75, 3.05) is 74.4 Å². The van der Waals surface area contributed by atoms with Gasteiger partial charge in [-0.15, -0.1) is 0 Å². The number of likely N-dealkylation sites (tertiary alicyclic amines) is 2. The number of methoxy groups -OCH3 is 4. The van der Waals surface area contributed by atoms with Crippen molar-refractivity contribution in [1.82, 2.24) is 19.4 Å². The van der Waals surface area contributed by atoms with Gasteiger partial charge in [0.25, 0.3) is 5.91 Å². The van der Waals surface area contributed by atoms with Gasteiger partial charge >= 0.3 is 5.97 Å². The van der Waals surface area contributed by atoms with E-state index < -0.39 is 11.4 Å². The maximum Gasteiger partial charge on any atom is 0.308 e. The molecule has 1 unspecified atom stereocenters. The Balaban J connectivity index is 1.22. The Morgan fingerprint density at radius 2 is 1.58 bits per heavy atom. The fourth-order valence-corrected chi connectivity index (χ4v) is 8.52. The number of ether oxygens (including phenoxy) is 6. The van der Waals surface area contributed by atoms with E-state index in [9.17, 15) is 14.4 Å². The Hall–Kier alpha value is -5.14. The molecule has 0 saturated carbocycles. The molecule has 3 aromatic carbocycles. The minimum Gasteiger partial charge on any atom is -0.496 e. The maximum atomic E-state index is 14.5. The number of Topliss-reactive ketones (excluding diaryl/α,β-unsaturated/α-hetero) is 1. The second-order valence-electron chi connectivity index (χ2n) is 14.7. The van der Waals surface area contributed by atoms with Crippen LogP contribution in [0.3, 0.4) is 0 Å². The van der Waals surface area contributed by atoms with Gasteiger partial charge in [0.2, 0.25) is 5.78 Å². The second kappa shape index (κ2) is 18.4. The van der Waals surface area contributed by atoms with E-state index in [0.717, 1.165) is 55.5 Å². The maximum absolute atomic E-state index is 14.5. The van der Waals surface area contributed by atoms with Crippen LogP contribution in [0.1, 0.15) is 78.6 Å². The molecule has 2 aliphatic heterocycles. The van der Waals surface area contributed by atoms with Gasteiger partial charge in [0.05, 0.1) is 51.6 Å². The minimum atomic E-state index is -0.554. The summed E-state index contributed by atoms with van der Waals surface area (Å²) in [7, 11) is 6.27. The number of imidazole rings is 1. The van der Waals surface area contributed by atoms with E-state index in [1.54, 1.807) is 27.4 Å². The van der Waals surface area contributed by atoms with Crippen molar-refractivity contribution >= 4 is 28.7 Å². The predicted molar refractivity (Wildman–Crippen MR) is 216 cm³/mol. The Labute approximate surface area is 335 Å². The average Bonchev–Trinajstić information content (AvgIpc) is 3.85. The lowest BCUT2D eigenvalue weighted by Crippen LogP contribution is -2.41. The summed E-state index contributed by atoms with van der Waals surface area (Å²) >= 11 is 0. The molecule has 1 amide bonds. The van der Waals surface area contributed by atoms with E-state index in [-0.39, 0.29) is 28.9 Å². The number of fused-ring (bicyclic) bond motifs is 1. The molecular formula is C44H56N4O9. The van der Waals surface area contributed by atoms with E-state index >= 15 is 0 Å². The van der Waals surface area contributed by atoms with E-state index in [1.165, 1.54) is 14.0 Å². The van der Waals surface area contributed by atoms with Crippen molar-refractivity contribution in [2.45, 2.75) is 64.8 Å². The van der Waals surface area contributed by atoms with Crippen molar-refractivity contribution in [3.63, 3.8) is 0 Å². The number of nitrogens with zero attached hydrogens (tertiary/aromatic N) is 4. The number of piperidine rings is 1. The lowest BCUT2D eigenvalue weighted by atomic mass is 9.76. The van der Waals surface area contributed by atoms with Gasteiger partial charge in [-0.05, 0) is 94.6 Å². The molecule has 0 radical (unpaired) electrons. The highest BCUT2D eigenvalue weighted by atomic mass is 16.6. The Kier molecular flexibility index (Phi) is 13.4. The van der Waals surface area contributed by atoms with Crippen molar-refractivity contribution < 1.29 is 42.8 Å². The molecule has 57 heavy (non-hydrogen) atoms. The van der Waals surface area contributed by atoms with Crippen LogP contribution >= 0.6 is 0 Å². The van der Waals surface area contributed by atoms with E-state index in [4.69, 9.17) is 33.4 Å². The largest absolute Gasteiger partial charge is 0.496 e. The first kappa shape index (κ1) is 41.5. The highest BCUT2D eigenvalue weighted by Gasteiger charge is 2.43. The van der Waals surface area contributed by atoms with Crippen LogP contribution < -0.4 is 23.7 Å². The molecular weight excluding hydrogens is 729 g/mol. The first-order chi connectivity index (χ1) is 27.6. The summed E-state index contributed by atoms with van der Waals surface area (Å²) in [6.45, 7) is 10.1. The first-order valence-electron chi connectivity index (χ1n) is 19.9. The molecule has 6 rings (SSSR count). The number of hydrogen-bond acceptors (Lipinski definition) is 11. The highest BCUT2D eigenvalue weighted by Crippen LogP contribution is 2.45. The summed E-state index contributed by atoms with van der Waals surface area (Å²) in [5.74, 6) is 1.78. The van der Waals surface area contributed by atoms with Crippen LogP contribution in [-0.2, 0) is 27.9 Å². The fraction of sp³-hybridized carbons (Fsp3) is 0.500.